The predicted molar refractivity (Wildman–Crippen MR) is 114 cm³/mol. The monoisotopic (exact) mass is 562 g/mol. The first-order chi connectivity index (χ1) is 11.1. The maximum atomic E-state index is 4.64. The van der Waals surface area contributed by atoms with Gasteiger partial charge >= 0.3 is 171 Å². The van der Waals surface area contributed by atoms with E-state index in [1.807, 2.05) is 6.08 Å². The molecule has 23 heavy (non-hydrogen) atoms. The van der Waals surface area contributed by atoms with Crippen molar-refractivity contribution >= 4 is 52.0 Å². The number of nitrogens with zero attached hydrogens (tertiary/aromatic N) is 1. The Balaban J connectivity index is 2.64. The van der Waals surface area contributed by atoms with Crippen molar-refractivity contribution in [3.05, 3.63) is 76.2 Å². The summed E-state index contributed by atoms with van der Waals surface area (Å²) in [6, 6.07) is 11.2. The van der Waals surface area contributed by atoms with Crippen LogP contribution in [0.4, 0.5) is 0 Å². The third-order valence-electron chi connectivity index (χ3n) is 3.52. The van der Waals surface area contributed by atoms with Crippen LogP contribution in [0.15, 0.2) is 76.2 Å². The number of hydrogen-bond acceptors (Lipinski definition) is 1. The van der Waals surface area contributed by atoms with Crippen molar-refractivity contribution in [2.75, 3.05) is 7.05 Å². The predicted octanol–water partition coefficient (Wildman–Crippen LogP) is 0.150. The Hall–Kier alpha value is 0.219. The van der Waals surface area contributed by atoms with Gasteiger partial charge in [-0.25, -0.2) is 0 Å². The molecule has 0 saturated carbocycles. The van der Waals surface area contributed by atoms with Crippen molar-refractivity contribution < 1.29 is 20.7 Å². The van der Waals surface area contributed by atoms with Gasteiger partial charge in [-0.05, 0) is 0 Å². The zero-order chi connectivity index (χ0) is 16.7. The van der Waals surface area contributed by atoms with Gasteiger partial charge in [0.05, 0.1) is 0 Å². The fourth-order valence-corrected chi connectivity index (χ4v) is 28.6. The Kier molecular flexibility index (Phi) is 8.19. The van der Waals surface area contributed by atoms with Gasteiger partial charge in [-0.2, -0.15) is 0 Å². The molecule has 1 aromatic rings. The van der Waals surface area contributed by atoms with Crippen LogP contribution in [0.5, 0.6) is 0 Å². The number of rotatable bonds is 7. The van der Waals surface area contributed by atoms with Gasteiger partial charge in [0.25, 0.3) is 0 Å². The molecule has 0 fully saturated rings. The van der Waals surface area contributed by atoms with Crippen LogP contribution >= 0.6 is 20.7 Å². The summed E-state index contributed by atoms with van der Waals surface area (Å²) in [6.07, 6.45) is 11.6. The standard InChI is InChI=1S/C18H21I2NSi.Al.2H/c1-4-15-19-16(2)22(20-21-3,17-11-7-5-8-12-17)18-13-9-6-10-14-18;;;/h4-5,7-9,11-15H,1-2,6,10H2,3H3;;;/q-2;+1;;. The van der Waals surface area contributed by atoms with Gasteiger partial charge in [-0.3, -0.25) is 0 Å². The van der Waals surface area contributed by atoms with Gasteiger partial charge < -0.3 is 0 Å². The molecule has 1 aliphatic carbocycles. The summed E-state index contributed by atoms with van der Waals surface area (Å²) in [6.45, 7) is 8.53. The molecular weight excluding hydrogens is 539 g/mol. The van der Waals surface area contributed by atoms with Crippen LogP contribution in [0.2, 0.25) is 0 Å². The Morgan fingerprint density at radius 1 is 1.35 bits per heavy atom. The molecule has 0 amide bonds. The molecule has 0 N–H and O–H groups in total. The summed E-state index contributed by atoms with van der Waals surface area (Å²) in [5.41, 5.74) is -1.85. The Morgan fingerprint density at radius 2 is 2.09 bits per heavy atom. The number of allylic oxidation sites excluding steroid dienone is 5. The molecule has 122 valence electrons. The van der Waals surface area contributed by atoms with Crippen LogP contribution in [-0.2, 0) is 0 Å². The fourth-order valence-electron chi connectivity index (χ4n) is 2.61. The summed E-state index contributed by atoms with van der Waals surface area (Å²) >= 11 is 0.921. The molecule has 0 saturated heterocycles. The molecule has 1 nitrogen and oxygen atoms in total. The molecule has 0 heterocycles. The van der Waals surface area contributed by atoms with Crippen LogP contribution in [0.3, 0.4) is 0 Å². The molecule has 1 atom stereocenters. The molecular formula is C18H23AlI2NSi-. The third kappa shape index (κ3) is 4.86. The minimum atomic E-state index is -1.85. The van der Waals surface area contributed by atoms with Gasteiger partial charge in [0.1, 0.15) is 0 Å². The summed E-state index contributed by atoms with van der Waals surface area (Å²) in [5, 5.41) is 3.16. The van der Waals surface area contributed by atoms with E-state index in [2.05, 4.69) is 74.9 Å². The summed E-state index contributed by atoms with van der Waals surface area (Å²) in [5.74, 6) is 0. The van der Waals surface area contributed by atoms with E-state index in [0.29, 0.717) is 0 Å². The Labute approximate surface area is 169 Å². The number of benzene rings is 1. The average molecular weight is 562 g/mol. The van der Waals surface area contributed by atoms with Crippen LogP contribution in [0.1, 0.15) is 12.8 Å². The molecule has 0 bridgehead atoms. The maximum absolute atomic E-state index is 4.64. The van der Waals surface area contributed by atoms with Crippen LogP contribution in [0, 0.1) is 0 Å². The average Bonchev–Trinajstić information content (AvgIpc) is 2.59. The van der Waals surface area contributed by atoms with Gasteiger partial charge in [0.2, 0.25) is 0 Å². The first kappa shape index (κ1) is 19.5. The summed E-state index contributed by atoms with van der Waals surface area (Å²) < 4.78 is 6.40. The molecule has 1 aromatic carbocycles. The van der Waals surface area contributed by atoms with E-state index in [1.165, 1.54) is 16.0 Å². The Bertz CT molecular complexity index is 652. The van der Waals surface area contributed by atoms with E-state index in [0.717, 1.165) is 16.5 Å². The molecule has 0 aliphatic heterocycles. The summed E-state index contributed by atoms with van der Waals surface area (Å²) in [7, 11) is 2.29. The van der Waals surface area contributed by atoms with Crippen molar-refractivity contribution in [1.82, 2.24) is 2.10 Å². The third-order valence-corrected chi connectivity index (χ3v) is 29.2. The van der Waals surface area contributed by atoms with Crippen molar-refractivity contribution in [3.8, 4) is 0 Å². The van der Waals surface area contributed by atoms with E-state index >= 15 is 0 Å². The van der Waals surface area contributed by atoms with Crippen molar-refractivity contribution in [3.63, 3.8) is 0 Å². The molecule has 2 rings (SSSR count). The molecule has 0 radical (unpaired) electrons. The SMILES string of the molecule is C=CC=IC(=C)[Si]([I-][N](C)[AlH2])(C1=CCCC=C1)c1ccccc1. The van der Waals surface area contributed by atoms with Gasteiger partial charge in [-0.1, -0.05) is 0 Å². The molecule has 5 heteroatoms. The number of hydrogen-bond donors (Lipinski definition) is 0. The van der Waals surface area contributed by atoms with E-state index in [1.54, 1.807) is 10.4 Å². The normalized spacial score (nSPS) is 17.6. The van der Waals surface area contributed by atoms with Crippen molar-refractivity contribution in [2.24, 2.45) is 0 Å². The second-order valence-electron chi connectivity index (χ2n) is 5.41. The van der Waals surface area contributed by atoms with Crippen LogP contribution in [-0.4, -0.2) is 35.2 Å². The van der Waals surface area contributed by atoms with E-state index < -0.39 is 5.57 Å². The van der Waals surface area contributed by atoms with Crippen LogP contribution in [0.25, 0.3) is 0 Å². The zero-order valence-corrected chi connectivity index (χ0v) is 21.1. The van der Waals surface area contributed by atoms with Crippen LogP contribution < -0.4 is 25.9 Å². The molecule has 1 aliphatic rings. The zero-order valence-electron chi connectivity index (χ0n) is 13.8. The minimum absolute atomic E-state index is 0.0613. The topological polar surface area (TPSA) is 3.24 Å². The second-order valence-corrected chi connectivity index (χ2v) is 23.7. The summed E-state index contributed by atoms with van der Waals surface area (Å²) in [4.78, 5) is 0. The second kappa shape index (κ2) is 9.64. The van der Waals surface area contributed by atoms with Gasteiger partial charge in [0.15, 0.2) is 0 Å². The quantitative estimate of drug-likeness (QED) is 0.198. The molecule has 1 unspecified atom stereocenters. The Morgan fingerprint density at radius 3 is 2.65 bits per heavy atom. The molecule has 0 aromatic heterocycles. The number of halogens is 2. The van der Waals surface area contributed by atoms with E-state index in [-0.39, 0.29) is 41.4 Å². The van der Waals surface area contributed by atoms with Gasteiger partial charge in [0, 0.05) is 0 Å². The van der Waals surface area contributed by atoms with E-state index in [4.69, 9.17) is 0 Å². The fraction of sp³-hybridized carbons (Fsp3) is 0.167. The molecule has 0 spiro atoms. The van der Waals surface area contributed by atoms with Crippen molar-refractivity contribution in [2.45, 2.75) is 12.8 Å². The first-order valence-electron chi connectivity index (χ1n) is 7.64. The first-order valence-corrected chi connectivity index (χ1v) is 16.9. The van der Waals surface area contributed by atoms with Gasteiger partial charge in [-0.15, -0.1) is 0 Å². The van der Waals surface area contributed by atoms with E-state index in [9.17, 15) is 0 Å². The van der Waals surface area contributed by atoms with Crippen molar-refractivity contribution in [1.29, 1.82) is 0 Å².